The van der Waals surface area contributed by atoms with Crippen molar-refractivity contribution in [2.24, 2.45) is 0 Å². The highest BCUT2D eigenvalue weighted by molar-refractivity contribution is 6.17. The molecule has 0 aliphatic heterocycles. The van der Waals surface area contributed by atoms with Crippen LogP contribution in [0.2, 0.25) is 0 Å². The predicted molar refractivity (Wildman–Crippen MR) is 82.5 cm³/mol. The Labute approximate surface area is 127 Å². The van der Waals surface area contributed by atoms with Gasteiger partial charge < -0.3 is 4.74 Å². The predicted octanol–water partition coefficient (Wildman–Crippen LogP) is 4.64. The zero-order valence-electron chi connectivity index (χ0n) is 11.1. The van der Waals surface area contributed by atoms with Gasteiger partial charge >= 0.3 is 0 Å². The number of hydrogen-bond acceptors (Lipinski definition) is 3. The van der Waals surface area contributed by atoms with Crippen LogP contribution in [0.1, 0.15) is 11.1 Å². The third-order valence-electron chi connectivity index (χ3n) is 3.11. The van der Waals surface area contributed by atoms with Crippen molar-refractivity contribution in [3.8, 4) is 17.7 Å². The quantitative estimate of drug-likeness (QED) is 0.661. The van der Waals surface area contributed by atoms with Crippen molar-refractivity contribution in [2.45, 2.75) is 5.88 Å². The molecule has 1 aromatic heterocycles. The fourth-order valence-corrected chi connectivity index (χ4v) is 2.23. The number of nitriles is 1. The molecule has 0 aliphatic rings. The Hall–Kier alpha value is -2.57. The molecular weight excluding hydrogens is 284 g/mol. The number of ether oxygens (including phenoxy) is 1. The number of aromatic nitrogens is 1. The van der Waals surface area contributed by atoms with E-state index in [1.54, 1.807) is 24.3 Å². The van der Waals surface area contributed by atoms with Crippen molar-refractivity contribution >= 4 is 22.5 Å². The summed E-state index contributed by atoms with van der Waals surface area (Å²) >= 11 is 5.98. The second-order valence-corrected chi connectivity index (χ2v) is 4.78. The Morgan fingerprint density at radius 2 is 1.86 bits per heavy atom. The molecule has 0 saturated carbocycles. The Morgan fingerprint density at radius 3 is 2.57 bits per heavy atom. The van der Waals surface area contributed by atoms with Crippen molar-refractivity contribution in [2.75, 3.05) is 0 Å². The molecule has 0 radical (unpaired) electrons. The number of rotatable bonds is 3. The van der Waals surface area contributed by atoms with Crippen molar-refractivity contribution in [1.29, 1.82) is 5.26 Å². The molecule has 0 N–H and O–H groups in total. The molecule has 3 nitrogen and oxygen atoms in total. The van der Waals surface area contributed by atoms with Crippen LogP contribution >= 0.6 is 11.6 Å². The van der Waals surface area contributed by atoms with Crippen LogP contribution in [-0.2, 0) is 5.88 Å². The van der Waals surface area contributed by atoms with E-state index in [4.69, 9.17) is 21.6 Å². The maximum Gasteiger partial charge on any atom is 0.224 e. The Balaban J connectivity index is 2.00. The van der Waals surface area contributed by atoms with Gasteiger partial charge in [-0.3, -0.25) is 0 Å². The molecular formula is C17H11ClN2O. The third-order valence-corrected chi connectivity index (χ3v) is 3.39. The fraction of sp³-hybridized carbons (Fsp3) is 0.0588. The molecule has 0 saturated heterocycles. The summed E-state index contributed by atoms with van der Waals surface area (Å²) in [5.74, 6) is 1.44. The van der Waals surface area contributed by atoms with Gasteiger partial charge in [0.15, 0.2) is 0 Å². The van der Waals surface area contributed by atoms with Gasteiger partial charge in [0, 0.05) is 10.9 Å². The molecule has 0 bridgehead atoms. The smallest absolute Gasteiger partial charge is 0.224 e. The summed E-state index contributed by atoms with van der Waals surface area (Å²) in [6.45, 7) is 0. The fourth-order valence-electron chi connectivity index (χ4n) is 2.04. The SMILES string of the molecule is N#Cc1ccc(Oc2nc3ccccc3cc2CCl)cc1. The monoisotopic (exact) mass is 294 g/mol. The highest BCUT2D eigenvalue weighted by Crippen LogP contribution is 2.28. The average molecular weight is 295 g/mol. The van der Waals surface area contributed by atoms with E-state index in [2.05, 4.69) is 11.1 Å². The van der Waals surface area contributed by atoms with E-state index in [9.17, 15) is 0 Å². The van der Waals surface area contributed by atoms with Gasteiger partial charge in [-0.2, -0.15) is 5.26 Å². The zero-order valence-corrected chi connectivity index (χ0v) is 11.8. The summed E-state index contributed by atoms with van der Waals surface area (Å²) in [7, 11) is 0. The largest absolute Gasteiger partial charge is 0.439 e. The molecule has 4 heteroatoms. The van der Waals surface area contributed by atoms with E-state index in [1.165, 1.54) is 0 Å². The normalized spacial score (nSPS) is 10.3. The third kappa shape index (κ3) is 2.81. The summed E-state index contributed by atoms with van der Waals surface area (Å²) < 4.78 is 5.80. The Bertz CT molecular complexity index is 822. The lowest BCUT2D eigenvalue weighted by Crippen LogP contribution is -1.94. The van der Waals surface area contributed by atoms with Crippen molar-refractivity contribution < 1.29 is 4.74 Å². The van der Waals surface area contributed by atoms with E-state index in [0.717, 1.165) is 16.5 Å². The van der Waals surface area contributed by atoms with Crippen LogP contribution < -0.4 is 4.74 Å². The van der Waals surface area contributed by atoms with Gasteiger partial charge in [0.25, 0.3) is 0 Å². The average Bonchev–Trinajstić information content (AvgIpc) is 2.55. The number of halogens is 1. The van der Waals surface area contributed by atoms with Gasteiger partial charge in [-0.05, 0) is 36.4 Å². The maximum atomic E-state index is 8.80. The lowest BCUT2D eigenvalue weighted by molar-refractivity contribution is 0.460. The van der Waals surface area contributed by atoms with E-state index < -0.39 is 0 Å². The number of para-hydroxylation sites is 1. The van der Waals surface area contributed by atoms with Crippen LogP contribution in [0, 0.1) is 11.3 Å². The lowest BCUT2D eigenvalue weighted by atomic mass is 10.1. The molecule has 0 spiro atoms. The number of fused-ring (bicyclic) bond motifs is 1. The highest BCUT2D eigenvalue weighted by atomic mass is 35.5. The molecule has 102 valence electrons. The van der Waals surface area contributed by atoms with Gasteiger partial charge in [0.05, 0.1) is 23.0 Å². The molecule has 21 heavy (non-hydrogen) atoms. The van der Waals surface area contributed by atoms with Gasteiger partial charge in [-0.25, -0.2) is 4.98 Å². The second kappa shape index (κ2) is 5.82. The van der Waals surface area contributed by atoms with Crippen LogP contribution in [0.5, 0.6) is 11.6 Å². The molecule has 3 aromatic rings. The number of pyridine rings is 1. The van der Waals surface area contributed by atoms with Crippen LogP contribution in [0.15, 0.2) is 54.6 Å². The van der Waals surface area contributed by atoms with Gasteiger partial charge in [0.1, 0.15) is 5.75 Å². The Morgan fingerprint density at radius 1 is 1.10 bits per heavy atom. The van der Waals surface area contributed by atoms with E-state index in [1.807, 2.05) is 30.3 Å². The molecule has 2 aromatic carbocycles. The molecule has 0 fully saturated rings. The summed E-state index contributed by atoms with van der Waals surface area (Å²) in [5, 5.41) is 9.83. The van der Waals surface area contributed by atoms with Crippen molar-refractivity contribution in [1.82, 2.24) is 4.98 Å². The Kier molecular flexibility index (Phi) is 3.72. The van der Waals surface area contributed by atoms with Gasteiger partial charge in [-0.1, -0.05) is 18.2 Å². The number of benzene rings is 2. The first-order valence-electron chi connectivity index (χ1n) is 6.43. The first-order valence-corrected chi connectivity index (χ1v) is 6.96. The number of nitrogens with zero attached hydrogens (tertiary/aromatic N) is 2. The lowest BCUT2D eigenvalue weighted by Gasteiger charge is -2.10. The van der Waals surface area contributed by atoms with Crippen molar-refractivity contribution in [3.05, 3.63) is 65.7 Å². The maximum absolute atomic E-state index is 8.80. The molecule has 0 unspecified atom stereocenters. The first kappa shape index (κ1) is 13.4. The van der Waals surface area contributed by atoms with Crippen LogP contribution in [0.25, 0.3) is 10.9 Å². The standard InChI is InChI=1S/C17H11ClN2O/c18-10-14-9-13-3-1-2-4-16(13)20-17(14)21-15-7-5-12(11-19)6-8-15/h1-9H,10H2. The van der Waals surface area contributed by atoms with E-state index in [0.29, 0.717) is 23.1 Å². The zero-order chi connectivity index (χ0) is 14.7. The topological polar surface area (TPSA) is 45.9 Å². The van der Waals surface area contributed by atoms with Gasteiger partial charge in [0.2, 0.25) is 5.88 Å². The van der Waals surface area contributed by atoms with Crippen molar-refractivity contribution in [3.63, 3.8) is 0 Å². The van der Waals surface area contributed by atoms with Gasteiger partial charge in [-0.15, -0.1) is 11.6 Å². The van der Waals surface area contributed by atoms with Crippen LogP contribution in [0.3, 0.4) is 0 Å². The second-order valence-electron chi connectivity index (χ2n) is 4.52. The number of alkyl halides is 1. The number of hydrogen-bond donors (Lipinski definition) is 0. The summed E-state index contributed by atoms with van der Waals surface area (Å²) in [6.07, 6.45) is 0. The van der Waals surface area contributed by atoms with E-state index in [-0.39, 0.29) is 0 Å². The minimum Gasteiger partial charge on any atom is -0.439 e. The summed E-state index contributed by atoms with van der Waals surface area (Å²) in [6, 6.07) is 18.8. The first-order chi connectivity index (χ1) is 10.3. The summed E-state index contributed by atoms with van der Waals surface area (Å²) in [5.41, 5.74) is 2.28. The molecule has 0 aliphatic carbocycles. The van der Waals surface area contributed by atoms with Crippen LogP contribution in [0.4, 0.5) is 0 Å². The molecule has 0 atom stereocenters. The molecule has 0 amide bonds. The molecule has 1 heterocycles. The van der Waals surface area contributed by atoms with Crippen LogP contribution in [-0.4, -0.2) is 4.98 Å². The molecule has 3 rings (SSSR count). The minimum absolute atomic E-state index is 0.323. The minimum atomic E-state index is 0.323. The highest BCUT2D eigenvalue weighted by Gasteiger charge is 2.08. The van der Waals surface area contributed by atoms with E-state index >= 15 is 0 Å². The summed E-state index contributed by atoms with van der Waals surface area (Å²) in [4.78, 5) is 4.51.